The number of rotatable bonds is 2. The lowest BCUT2D eigenvalue weighted by Gasteiger charge is -2.12. The van der Waals surface area contributed by atoms with E-state index in [4.69, 9.17) is 0 Å². The maximum absolute atomic E-state index is 13.7. The first-order valence-electron chi connectivity index (χ1n) is 4.86. The molecule has 0 saturated carbocycles. The third kappa shape index (κ3) is 2.41. The Bertz CT molecular complexity index is 553. The fourth-order valence-corrected chi connectivity index (χ4v) is 2.75. The summed E-state index contributed by atoms with van der Waals surface area (Å²) >= 11 is 4.31. The van der Waals surface area contributed by atoms with E-state index in [1.54, 1.807) is 5.38 Å². The van der Waals surface area contributed by atoms with Crippen LogP contribution in [0.25, 0.3) is 0 Å². The van der Waals surface area contributed by atoms with E-state index in [-0.39, 0.29) is 10.0 Å². The molecule has 0 aliphatic heterocycles. The summed E-state index contributed by atoms with van der Waals surface area (Å²) in [6, 6.07) is 2.04. The Hall–Kier alpha value is -0.780. The van der Waals surface area contributed by atoms with Crippen molar-refractivity contribution in [1.82, 2.24) is 0 Å². The summed E-state index contributed by atoms with van der Waals surface area (Å²) in [5.41, 5.74) is 1.42. The Morgan fingerprint density at radius 1 is 1.18 bits per heavy atom. The molecule has 0 aliphatic carbocycles. The number of halogens is 3. The summed E-state index contributed by atoms with van der Waals surface area (Å²) in [5, 5.41) is 13.6. The van der Waals surface area contributed by atoms with E-state index in [9.17, 15) is 13.9 Å². The van der Waals surface area contributed by atoms with Gasteiger partial charge in [0.15, 0.2) is 0 Å². The highest BCUT2D eigenvalue weighted by atomic mass is 79.9. The van der Waals surface area contributed by atoms with E-state index in [0.29, 0.717) is 5.56 Å². The van der Waals surface area contributed by atoms with Crippen molar-refractivity contribution < 1.29 is 13.9 Å². The molecular formula is C12H9BrF2OS. The molecule has 0 fully saturated rings. The number of thiophene rings is 1. The Labute approximate surface area is 110 Å². The molecule has 1 atom stereocenters. The zero-order valence-electron chi connectivity index (χ0n) is 8.88. The Morgan fingerprint density at radius 3 is 2.47 bits per heavy atom. The van der Waals surface area contributed by atoms with Crippen molar-refractivity contribution in [2.24, 2.45) is 0 Å². The van der Waals surface area contributed by atoms with Gasteiger partial charge in [0.25, 0.3) is 0 Å². The molecule has 1 heterocycles. The van der Waals surface area contributed by atoms with E-state index < -0.39 is 17.7 Å². The summed E-state index contributed by atoms with van der Waals surface area (Å²) in [6.45, 7) is 1.82. The van der Waals surface area contributed by atoms with E-state index in [0.717, 1.165) is 17.7 Å². The van der Waals surface area contributed by atoms with Crippen LogP contribution < -0.4 is 0 Å². The number of hydrogen-bond acceptors (Lipinski definition) is 2. The van der Waals surface area contributed by atoms with Crippen molar-refractivity contribution in [3.63, 3.8) is 0 Å². The molecule has 0 radical (unpaired) electrons. The number of hydrogen-bond donors (Lipinski definition) is 1. The van der Waals surface area contributed by atoms with Gasteiger partial charge in [0.2, 0.25) is 0 Å². The molecule has 0 amide bonds. The molecule has 2 aromatic rings. The van der Waals surface area contributed by atoms with E-state index in [1.807, 2.05) is 12.3 Å². The van der Waals surface area contributed by atoms with Gasteiger partial charge < -0.3 is 5.11 Å². The largest absolute Gasteiger partial charge is 0.384 e. The minimum atomic E-state index is -1.14. The average molecular weight is 319 g/mol. The van der Waals surface area contributed by atoms with Crippen molar-refractivity contribution in [2.45, 2.75) is 13.0 Å². The van der Waals surface area contributed by atoms with Gasteiger partial charge in [-0.25, -0.2) is 8.78 Å². The summed E-state index contributed by atoms with van der Waals surface area (Å²) in [7, 11) is 0. The van der Waals surface area contributed by atoms with Crippen LogP contribution in [-0.2, 0) is 0 Å². The topological polar surface area (TPSA) is 20.2 Å². The Kier molecular flexibility index (Phi) is 3.61. The molecule has 90 valence electrons. The Balaban J connectivity index is 2.48. The summed E-state index contributed by atoms with van der Waals surface area (Å²) in [4.78, 5) is 0. The number of benzene rings is 1. The van der Waals surface area contributed by atoms with Gasteiger partial charge in [-0.2, -0.15) is 11.3 Å². The normalized spacial score (nSPS) is 12.8. The molecule has 1 unspecified atom stereocenters. The molecule has 0 spiro atoms. The van der Waals surface area contributed by atoms with Crippen molar-refractivity contribution >= 4 is 27.3 Å². The van der Waals surface area contributed by atoms with Crippen molar-refractivity contribution in [3.8, 4) is 0 Å². The molecule has 1 aromatic heterocycles. The maximum atomic E-state index is 13.7. The van der Waals surface area contributed by atoms with Crippen LogP contribution >= 0.6 is 27.3 Å². The second kappa shape index (κ2) is 4.84. The summed E-state index contributed by atoms with van der Waals surface area (Å²) in [6.07, 6.45) is -1.14. The lowest BCUT2D eigenvalue weighted by atomic mass is 10.0. The van der Waals surface area contributed by atoms with Crippen LogP contribution in [0.15, 0.2) is 27.4 Å². The van der Waals surface area contributed by atoms with Gasteiger partial charge >= 0.3 is 0 Å². The van der Waals surface area contributed by atoms with Crippen LogP contribution in [-0.4, -0.2) is 5.11 Å². The molecule has 0 bridgehead atoms. The third-order valence-corrected chi connectivity index (χ3v) is 4.01. The molecule has 5 heteroatoms. The van der Waals surface area contributed by atoms with Crippen molar-refractivity contribution in [2.75, 3.05) is 0 Å². The highest BCUT2D eigenvalue weighted by Gasteiger charge is 2.19. The van der Waals surface area contributed by atoms with Gasteiger partial charge in [-0.1, -0.05) is 0 Å². The van der Waals surface area contributed by atoms with Gasteiger partial charge in [-0.3, -0.25) is 0 Å². The van der Waals surface area contributed by atoms with Crippen molar-refractivity contribution in [1.29, 1.82) is 0 Å². The second-order valence-electron chi connectivity index (χ2n) is 3.70. The van der Waals surface area contributed by atoms with E-state index in [1.165, 1.54) is 11.3 Å². The van der Waals surface area contributed by atoms with Crippen molar-refractivity contribution in [3.05, 3.63) is 55.7 Å². The molecule has 0 saturated heterocycles. The van der Waals surface area contributed by atoms with Gasteiger partial charge in [0.1, 0.15) is 17.7 Å². The highest BCUT2D eigenvalue weighted by molar-refractivity contribution is 9.10. The molecule has 0 aliphatic rings. The highest BCUT2D eigenvalue weighted by Crippen LogP contribution is 2.31. The lowest BCUT2D eigenvalue weighted by Crippen LogP contribution is -2.04. The second-order valence-corrected chi connectivity index (χ2v) is 5.30. The van der Waals surface area contributed by atoms with E-state index >= 15 is 0 Å². The zero-order chi connectivity index (χ0) is 12.6. The lowest BCUT2D eigenvalue weighted by molar-refractivity contribution is 0.214. The molecule has 1 nitrogen and oxygen atoms in total. The van der Waals surface area contributed by atoms with E-state index in [2.05, 4.69) is 15.9 Å². The minimum Gasteiger partial charge on any atom is -0.384 e. The molecule has 1 N–H and O–H groups in total. The first kappa shape index (κ1) is 12.7. The number of aryl methyl sites for hydroxylation is 1. The molecule has 1 aromatic carbocycles. The minimum absolute atomic E-state index is 0.0489. The maximum Gasteiger partial charge on any atom is 0.137 e. The number of aliphatic hydroxyl groups excluding tert-OH is 1. The molecule has 17 heavy (non-hydrogen) atoms. The fraction of sp³-hybridized carbons (Fsp3) is 0.167. The summed E-state index contributed by atoms with van der Waals surface area (Å²) in [5.74, 6) is -1.22. The smallest absolute Gasteiger partial charge is 0.137 e. The first-order valence-corrected chi connectivity index (χ1v) is 6.59. The average Bonchev–Trinajstić information content (AvgIpc) is 2.69. The monoisotopic (exact) mass is 318 g/mol. The van der Waals surface area contributed by atoms with Gasteiger partial charge in [0, 0.05) is 5.56 Å². The van der Waals surface area contributed by atoms with Crippen LogP contribution in [0.5, 0.6) is 0 Å². The van der Waals surface area contributed by atoms with Gasteiger partial charge in [-0.05, 0) is 56.9 Å². The van der Waals surface area contributed by atoms with Crippen LogP contribution in [0.3, 0.4) is 0 Å². The standard InChI is InChI=1S/C12H9BrF2OS/c1-6-4-17-5-8(6)12(16)7-2-11(15)9(13)3-10(7)14/h2-5,12,16H,1H3. The quantitative estimate of drug-likeness (QED) is 0.824. The third-order valence-electron chi connectivity index (χ3n) is 2.52. The first-order chi connectivity index (χ1) is 8.00. The molecular weight excluding hydrogens is 310 g/mol. The summed E-state index contributed by atoms with van der Waals surface area (Å²) < 4.78 is 27.0. The predicted octanol–water partition coefficient (Wildman–Crippen LogP) is 4.18. The van der Waals surface area contributed by atoms with Gasteiger partial charge in [0.05, 0.1) is 4.47 Å². The number of aliphatic hydroxyl groups is 1. The zero-order valence-corrected chi connectivity index (χ0v) is 11.3. The Morgan fingerprint density at radius 2 is 1.88 bits per heavy atom. The van der Waals surface area contributed by atoms with Crippen LogP contribution in [0.2, 0.25) is 0 Å². The van der Waals surface area contributed by atoms with Crippen LogP contribution in [0.1, 0.15) is 22.8 Å². The fourth-order valence-electron chi connectivity index (χ4n) is 1.57. The SMILES string of the molecule is Cc1cscc1C(O)c1cc(F)c(Br)cc1F. The van der Waals surface area contributed by atoms with Gasteiger partial charge in [-0.15, -0.1) is 0 Å². The predicted molar refractivity (Wildman–Crippen MR) is 67.2 cm³/mol. The van der Waals surface area contributed by atoms with Crippen LogP contribution in [0, 0.1) is 18.6 Å². The molecule has 2 rings (SSSR count). The van der Waals surface area contributed by atoms with Crippen LogP contribution in [0.4, 0.5) is 8.78 Å².